The fraction of sp³-hybridized carbons (Fsp3) is 0.611. The molecule has 4 unspecified atom stereocenters. The van der Waals surface area contributed by atoms with Crippen LogP contribution in [0.4, 0.5) is 25.1 Å². The molecule has 8 nitrogen and oxygen atoms in total. The lowest BCUT2D eigenvalue weighted by atomic mass is 9.77. The van der Waals surface area contributed by atoms with Gasteiger partial charge < -0.3 is 11.1 Å². The lowest BCUT2D eigenvalue weighted by Crippen LogP contribution is -2.45. The number of nitrogens with two attached hydrogens (primary N) is 1. The molecule has 158 valence electrons. The fourth-order valence-electron chi connectivity index (χ4n) is 4.14. The number of nitrogens with one attached hydrogen (secondary N) is 3. The molecule has 1 aliphatic heterocycles. The summed E-state index contributed by atoms with van der Waals surface area (Å²) in [6, 6.07) is 1.32. The summed E-state index contributed by atoms with van der Waals surface area (Å²) in [5, 5.41) is 3.12. The summed E-state index contributed by atoms with van der Waals surface area (Å²) in [6.07, 6.45) is 3.00. The summed E-state index contributed by atoms with van der Waals surface area (Å²) in [6.45, 7) is 1.76. The van der Waals surface area contributed by atoms with E-state index in [1.54, 1.807) is 6.07 Å². The summed E-state index contributed by atoms with van der Waals surface area (Å²) < 4.78 is 41.7. The zero-order valence-electron chi connectivity index (χ0n) is 16.2. The molecule has 2 aromatic rings. The van der Waals surface area contributed by atoms with Gasteiger partial charge in [-0.1, -0.05) is 0 Å². The second kappa shape index (κ2) is 7.45. The van der Waals surface area contributed by atoms with Crippen LogP contribution in [0.1, 0.15) is 50.5 Å². The summed E-state index contributed by atoms with van der Waals surface area (Å²) in [5.41, 5.74) is 11.8. The SMILES string of the molecule is CC(C)(Nc1nc(N)nc(C2CCC3CNNC3C2F)n1)c1ccn(C(F)F)c1. The molecule has 2 aromatic heterocycles. The number of hydrazine groups is 1. The third kappa shape index (κ3) is 3.88. The van der Waals surface area contributed by atoms with Crippen molar-refractivity contribution >= 4 is 11.9 Å². The number of rotatable bonds is 5. The summed E-state index contributed by atoms with van der Waals surface area (Å²) in [4.78, 5) is 12.7. The minimum atomic E-state index is -2.62. The van der Waals surface area contributed by atoms with Gasteiger partial charge in [-0.15, -0.1) is 0 Å². The van der Waals surface area contributed by atoms with Gasteiger partial charge in [-0.05, 0) is 44.2 Å². The van der Waals surface area contributed by atoms with Crippen LogP contribution in [0.2, 0.25) is 0 Å². The van der Waals surface area contributed by atoms with Crippen molar-refractivity contribution < 1.29 is 13.2 Å². The molecule has 0 bridgehead atoms. The van der Waals surface area contributed by atoms with Gasteiger partial charge in [-0.3, -0.25) is 15.4 Å². The topological polar surface area (TPSA) is 106 Å². The number of nitrogen functional groups attached to an aromatic ring is 1. The summed E-state index contributed by atoms with van der Waals surface area (Å²) in [5.74, 6) is 0.244. The zero-order valence-corrected chi connectivity index (χ0v) is 16.2. The van der Waals surface area contributed by atoms with Crippen LogP contribution < -0.4 is 21.9 Å². The van der Waals surface area contributed by atoms with Crippen LogP contribution in [-0.4, -0.2) is 38.3 Å². The van der Waals surface area contributed by atoms with E-state index < -0.39 is 24.2 Å². The number of hydrogen-bond donors (Lipinski definition) is 4. The van der Waals surface area contributed by atoms with Crippen molar-refractivity contribution in [3.63, 3.8) is 0 Å². The van der Waals surface area contributed by atoms with E-state index in [-0.39, 0.29) is 23.9 Å². The van der Waals surface area contributed by atoms with Gasteiger partial charge in [0.2, 0.25) is 11.9 Å². The van der Waals surface area contributed by atoms with Gasteiger partial charge >= 0.3 is 6.55 Å². The fourth-order valence-corrected chi connectivity index (χ4v) is 4.14. The molecule has 11 heteroatoms. The number of hydrogen-bond acceptors (Lipinski definition) is 7. The van der Waals surface area contributed by atoms with Gasteiger partial charge in [-0.2, -0.15) is 23.7 Å². The van der Waals surface area contributed by atoms with Crippen molar-refractivity contribution in [3.8, 4) is 0 Å². The first kappa shape index (κ1) is 19.9. The first-order valence-corrected chi connectivity index (χ1v) is 9.63. The smallest absolute Gasteiger partial charge is 0.318 e. The van der Waals surface area contributed by atoms with Crippen LogP contribution >= 0.6 is 0 Å². The number of fused-ring (bicyclic) bond motifs is 1. The molecule has 29 heavy (non-hydrogen) atoms. The normalized spacial score (nSPS) is 27.2. The molecule has 0 radical (unpaired) electrons. The van der Waals surface area contributed by atoms with E-state index in [1.165, 1.54) is 12.4 Å². The van der Waals surface area contributed by atoms with Crippen molar-refractivity contribution in [2.24, 2.45) is 5.92 Å². The van der Waals surface area contributed by atoms with Crippen molar-refractivity contribution in [3.05, 3.63) is 29.8 Å². The van der Waals surface area contributed by atoms with Crippen molar-refractivity contribution in [2.45, 2.75) is 56.9 Å². The Morgan fingerprint density at radius 2 is 2.07 bits per heavy atom. The highest BCUT2D eigenvalue weighted by atomic mass is 19.3. The van der Waals surface area contributed by atoms with Crippen LogP contribution in [0.15, 0.2) is 18.5 Å². The molecular formula is C18H25F3N8. The molecule has 1 saturated carbocycles. The van der Waals surface area contributed by atoms with Crippen molar-refractivity contribution in [2.75, 3.05) is 17.6 Å². The van der Waals surface area contributed by atoms with E-state index >= 15 is 4.39 Å². The van der Waals surface area contributed by atoms with Gasteiger partial charge in [-0.25, -0.2) is 4.39 Å². The number of halogens is 3. The highest BCUT2D eigenvalue weighted by Gasteiger charge is 2.44. The lowest BCUT2D eigenvalue weighted by molar-refractivity contribution is 0.0705. The Balaban J connectivity index is 1.56. The van der Waals surface area contributed by atoms with Crippen LogP contribution in [-0.2, 0) is 5.54 Å². The molecule has 1 aliphatic carbocycles. The van der Waals surface area contributed by atoms with Gasteiger partial charge in [0.1, 0.15) is 12.0 Å². The van der Waals surface area contributed by atoms with E-state index in [0.29, 0.717) is 17.8 Å². The molecule has 1 saturated heterocycles. The molecule has 3 heterocycles. The van der Waals surface area contributed by atoms with E-state index in [0.717, 1.165) is 17.5 Å². The number of alkyl halides is 3. The second-order valence-electron chi connectivity index (χ2n) is 8.19. The Hall–Kier alpha value is -2.40. The average molecular weight is 410 g/mol. The van der Waals surface area contributed by atoms with Crippen molar-refractivity contribution in [1.29, 1.82) is 0 Å². The number of anilines is 2. The molecule has 4 atom stereocenters. The van der Waals surface area contributed by atoms with E-state index in [9.17, 15) is 8.78 Å². The van der Waals surface area contributed by atoms with Crippen LogP contribution in [0.3, 0.4) is 0 Å². The van der Waals surface area contributed by atoms with E-state index in [4.69, 9.17) is 5.73 Å². The Morgan fingerprint density at radius 1 is 1.28 bits per heavy atom. The predicted molar refractivity (Wildman–Crippen MR) is 102 cm³/mol. The molecule has 2 fully saturated rings. The first-order chi connectivity index (χ1) is 13.7. The molecule has 2 aliphatic rings. The minimum Gasteiger partial charge on any atom is -0.368 e. The monoisotopic (exact) mass is 410 g/mol. The van der Waals surface area contributed by atoms with Gasteiger partial charge in [0.15, 0.2) is 0 Å². The Kier molecular flexibility index (Phi) is 5.11. The molecule has 0 aromatic carbocycles. The molecule has 5 N–H and O–H groups in total. The molecule has 0 spiro atoms. The van der Waals surface area contributed by atoms with Crippen LogP contribution in [0.25, 0.3) is 0 Å². The highest BCUT2D eigenvalue weighted by Crippen LogP contribution is 2.38. The second-order valence-corrected chi connectivity index (χ2v) is 8.19. The Labute approximate surface area is 166 Å². The van der Waals surface area contributed by atoms with Gasteiger partial charge in [0, 0.05) is 18.9 Å². The quantitative estimate of drug-likeness (QED) is 0.599. The maximum atomic E-state index is 15.1. The standard InChI is InChI=1S/C18H25F3N8/c1-18(2,10-5-6-29(8-10)15(20)21)27-17-25-14(24-16(22)26-17)11-4-3-9-7-23-28-13(9)12(11)19/h5-6,8-9,11-13,15,23,28H,3-4,7H2,1-2H3,(H3,22,24,25,26,27). The largest absolute Gasteiger partial charge is 0.368 e. The van der Waals surface area contributed by atoms with Crippen LogP contribution in [0.5, 0.6) is 0 Å². The third-order valence-electron chi connectivity index (χ3n) is 5.80. The lowest BCUT2D eigenvalue weighted by Gasteiger charge is -2.33. The minimum absolute atomic E-state index is 0.00900. The molecule has 0 amide bonds. The maximum Gasteiger partial charge on any atom is 0.318 e. The Bertz CT molecular complexity index is 871. The predicted octanol–water partition coefficient (Wildman–Crippen LogP) is 2.31. The maximum absolute atomic E-state index is 15.1. The zero-order chi connectivity index (χ0) is 20.8. The highest BCUT2D eigenvalue weighted by molar-refractivity contribution is 5.38. The summed E-state index contributed by atoms with van der Waals surface area (Å²) >= 11 is 0. The molecular weight excluding hydrogens is 385 g/mol. The molecule has 4 rings (SSSR count). The summed E-state index contributed by atoms with van der Waals surface area (Å²) in [7, 11) is 0. The number of aromatic nitrogens is 4. The van der Waals surface area contributed by atoms with Crippen molar-refractivity contribution in [1.82, 2.24) is 30.4 Å². The van der Waals surface area contributed by atoms with E-state index in [2.05, 4.69) is 31.1 Å². The first-order valence-electron chi connectivity index (χ1n) is 9.63. The van der Waals surface area contributed by atoms with Crippen LogP contribution in [0, 0.1) is 5.92 Å². The average Bonchev–Trinajstić information content (AvgIpc) is 3.31. The van der Waals surface area contributed by atoms with Gasteiger partial charge in [0.05, 0.1) is 17.5 Å². The van der Waals surface area contributed by atoms with Gasteiger partial charge in [0.25, 0.3) is 0 Å². The number of nitrogens with zero attached hydrogens (tertiary/aromatic N) is 4. The Morgan fingerprint density at radius 3 is 2.79 bits per heavy atom. The van der Waals surface area contributed by atoms with E-state index in [1.807, 2.05) is 13.8 Å². The third-order valence-corrected chi connectivity index (χ3v) is 5.80.